The van der Waals surface area contributed by atoms with Crippen molar-refractivity contribution in [3.8, 4) is 0 Å². The number of pyridine rings is 1. The Morgan fingerprint density at radius 1 is 1.13 bits per heavy atom. The predicted octanol–water partition coefficient (Wildman–Crippen LogP) is 3.59. The first-order valence-corrected chi connectivity index (χ1v) is 11.2. The molecule has 0 amide bonds. The minimum atomic E-state index is -3.81. The van der Waals surface area contributed by atoms with Gasteiger partial charge in [0.15, 0.2) is 0 Å². The van der Waals surface area contributed by atoms with Crippen molar-refractivity contribution < 1.29 is 18.3 Å². The molecular formula is C20H16BrN3O5S. The second-order valence-electron chi connectivity index (χ2n) is 6.73. The number of H-pyrrole nitrogens is 2. The molecule has 10 heteroatoms. The molecule has 2 aromatic carbocycles. The Hall–Kier alpha value is -3.11. The van der Waals surface area contributed by atoms with E-state index in [0.29, 0.717) is 33.1 Å². The number of fused-ring (bicyclic) bond motifs is 3. The van der Waals surface area contributed by atoms with Crippen molar-refractivity contribution in [1.29, 1.82) is 0 Å². The zero-order valence-electron chi connectivity index (χ0n) is 15.4. The van der Waals surface area contributed by atoms with Crippen LogP contribution < -0.4 is 10.3 Å². The minimum absolute atomic E-state index is 0.0862. The van der Waals surface area contributed by atoms with Crippen LogP contribution in [0.2, 0.25) is 0 Å². The van der Waals surface area contributed by atoms with Crippen LogP contribution >= 0.6 is 15.9 Å². The van der Waals surface area contributed by atoms with Gasteiger partial charge in [0.05, 0.1) is 4.90 Å². The standard InChI is InChI=1S/C20H16BrN3O5S/c21-12-2-5-14(6-3-12)30(28,29)24-13-4-7-16-15(9-13)18-11(1-8-17(25)26)10-22-19(18)20(27)23-16/h2-7,9-10,22,24H,1,8H2,(H,23,27)(H,25,26). The molecule has 0 aliphatic carbocycles. The second kappa shape index (κ2) is 7.62. The summed E-state index contributed by atoms with van der Waals surface area (Å²) in [6, 6.07) is 11.0. The molecule has 0 saturated carbocycles. The van der Waals surface area contributed by atoms with Crippen LogP contribution in [0.3, 0.4) is 0 Å². The highest BCUT2D eigenvalue weighted by Crippen LogP contribution is 2.29. The van der Waals surface area contributed by atoms with E-state index in [-0.39, 0.29) is 23.3 Å². The van der Waals surface area contributed by atoms with Crippen LogP contribution in [0, 0.1) is 0 Å². The predicted molar refractivity (Wildman–Crippen MR) is 117 cm³/mol. The Bertz CT molecular complexity index is 1440. The van der Waals surface area contributed by atoms with E-state index >= 15 is 0 Å². The largest absolute Gasteiger partial charge is 0.481 e. The van der Waals surface area contributed by atoms with E-state index in [1.54, 1.807) is 36.5 Å². The molecule has 4 rings (SSSR count). The minimum Gasteiger partial charge on any atom is -0.481 e. The first kappa shape index (κ1) is 20.2. The van der Waals surface area contributed by atoms with Gasteiger partial charge < -0.3 is 15.1 Å². The van der Waals surface area contributed by atoms with Crippen molar-refractivity contribution in [3.05, 3.63) is 69.1 Å². The lowest BCUT2D eigenvalue weighted by molar-refractivity contribution is -0.136. The lowest BCUT2D eigenvalue weighted by atomic mass is 10.0. The Morgan fingerprint density at radius 3 is 2.57 bits per heavy atom. The second-order valence-corrected chi connectivity index (χ2v) is 9.33. The number of carbonyl (C=O) groups is 1. The number of aliphatic carboxylic acids is 1. The molecule has 4 aromatic rings. The maximum absolute atomic E-state index is 12.7. The maximum atomic E-state index is 12.7. The summed E-state index contributed by atoms with van der Waals surface area (Å²) in [5.41, 5.74) is 1.51. The topological polar surface area (TPSA) is 132 Å². The highest BCUT2D eigenvalue weighted by molar-refractivity contribution is 9.10. The van der Waals surface area contributed by atoms with Gasteiger partial charge in [0.2, 0.25) is 0 Å². The summed E-state index contributed by atoms with van der Waals surface area (Å²) in [5, 5.41) is 10.2. The summed E-state index contributed by atoms with van der Waals surface area (Å²) in [6.07, 6.45) is 1.76. The number of halogens is 1. The number of carboxylic acids is 1. The van der Waals surface area contributed by atoms with Crippen LogP contribution in [-0.2, 0) is 21.2 Å². The first-order valence-electron chi connectivity index (χ1n) is 8.91. The van der Waals surface area contributed by atoms with Crippen LogP contribution in [0.15, 0.2) is 62.8 Å². The highest BCUT2D eigenvalue weighted by Gasteiger charge is 2.17. The molecule has 0 unspecified atom stereocenters. The third kappa shape index (κ3) is 3.83. The average Bonchev–Trinajstić information content (AvgIpc) is 3.12. The third-order valence-electron chi connectivity index (χ3n) is 4.71. The van der Waals surface area contributed by atoms with Gasteiger partial charge in [-0.05, 0) is 54.4 Å². The molecule has 0 spiro atoms. The van der Waals surface area contributed by atoms with Crippen LogP contribution in [0.5, 0.6) is 0 Å². The normalized spacial score (nSPS) is 11.8. The molecule has 0 radical (unpaired) electrons. The van der Waals surface area contributed by atoms with Crippen molar-refractivity contribution >= 4 is 59.4 Å². The van der Waals surface area contributed by atoms with Gasteiger partial charge in [0, 0.05) is 39.1 Å². The number of nitrogens with one attached hydrogen (secondary N) is 3. The van der Waals surface area contributed by atoms with Crippen LogP contribution in [0.25, 0.3) is 21.8 Å². The van der Waals surface area contributed by atoms with E-state index in [9.17, 15) is 18.0 Å². The summed E-state index contributed by atoms with van der Waals surface area (Å²) in [4.78, 5) is 29.1. The van der Waals surface area contributed by atoms with Crippen LogP contribution in [-0.4, -0.2) is 29.5 Å². The van der Waals surface area contributed by atoms with Gasteiger partial charge in [-0.15, -0.1) is 0 Å². The lowest BCUT2D eigenvalue weighted by Crippen LogP contribution is -2.13. The molecule has 2 heterocycles. The summed E-state index contributed by atoms with van der Waals surface area (Å²) in [7, 11) is -3.81. The molecule has 154 valence electrons. The Morgan fingerprint density at radius 2 is 1.87 bits per heavy atom. The SMILES string of the molecule is O=C(O)CCc1c[nH]c2c(=O)[nH]c3ccc(NS(=O)(=O)c4ccc(Br)cc4)cc3c12. The molecule has 0 aliphatic heterocycles. The number of aromatic nitrogens is 2. The molecule has 0 bridgehead atoms. The van der Waals surface area contributed by atoms with Gasteiger partial charge in [-0.1, -0.05) is 15.9 Å². The number of hydrogen-bond donors (Lipinski definition) is 4. The number of aryl methyl sites for hydroxylation is 1. The molecular weight excluding hydrogens is 474 g/mol. The zero-order valence-corrected chi connectivity index (χ0v) is 17.8. The fourth-order valence-electron chi connectivity index (χ4n) is 3.33. The molecule has 2 aromatic heterocycles. The van der Waals surface area contributed by atoms with Gasteiger partial charge in [-0.25, -0.2) is 8.42 Å². The summed E-state index contributed by atoms with van der Waals surface area (Å²) in [5.74, 6) is -0.943. The van der Waals surface area contributed by atoms with E-state index in [4.69, 9.17) is 5.11 Å². The van der Waals surface area contributed by atoms with Crippen molar-refractivity contribution in [3.63, 3.8) is 0 Å². The van der Waals surface area contributed by atoms with E-state index in [0.717, 1.165) is 4.47 Å². The van der Waals surface area contributed by atoms with Crippen molar-refractivity contribution in [2.45, 2.75) is 17.7 Å². The highest BCUT2D eigenvalue weighted by atomic mass is 79.9. The smallest absolute Gasteiger partial charge is 0.303 e. The molecule has 8 nitrogen and oxygen atoms in total. The molecule has 0 atom stereocenters. The van der Waals surface area contributed by atoms with Gasteiger partial charge in [0.25, 0.3) is 15.6 Å². The first-order chi connectivity index (χ1) is 14.2. The van der Waals surface area contributed by atoms with E-state index in [2.05, 4.69) is 30.6 Å². The van der Waals surface area contributed by atoms with E-state index < -0.39 is 16.0 Å². The summed E-state index contributed by atoms with van der Waals surface area (Å²) < 4.78 is 28.7. The maximum Gasteiger partial charge on any atom is 0.303 e. The number of carboxylic acid groups (broad SMARTS) is 1. The fraction of sp³-hybridized carbons (Fsp3) is 0.100. The van der Waals surface area contributed by atoms with Gasteiger partial charge in [0.1, 0.15) is 5.52 Å². The van der Waals surface area contributed by atoms with Crippen molar-refractivity contribution in [2.75, 3.05) is 4.72 Å². The van der Waals surface area contributed by atoms with Gasteiger partial charge in [-0.2, -0.15) is 0 Å². The Balaban J connectivity index is 1.81. The molecule has 30 heavy (non-hydrogen) atoms. The number of hydrogen-bond acceptors (Lipinski definition) is 4. The van der Waals surface area contributed by atoms with Gasteiger partial charge >= 0.3 is 5.97 Å². The molecule has 0 saturated heterocycles. The van der Waals surface area contributed by atoms with E-state index in [1.165, 1.54) is 12.1 Å². The van der Waals surface area contributed by atoms with Gasteiger partial charge in [-0.3, -0.25) is 14.3 Å². The number of benzene rings is 2. The van der Waals surface area contributed by atoms with E-state index in [1.807, 2.05) is 0 Å². The monoisotopic (exact) mass is 489 g/mol. The number of sulfonamides is 1. The fourth-order valence-corrected chi connectivity index (χ4v) is 4.64. The Labute approximate surface area is 179 Å². The quantitative estimate of drug-likeness (QED) is 0.328. The molecule has 4 N–H and O–H groups in total. The number of aromatic amines is 2. The van der Waals surface area contributed by atoms with Crippen molar-refractivity contribution in [2.24, 2.45) is 0 Å². The van der Waals surface area contributed by atoms with Crippen molar-refractivity contribution in [1.82, 2.24) is 9.97 Å². The summed E-state index contributed by atoms with van der Waals surface area (Å²) >= 11 is 3.28. The third-order valence-corrected chi connectivity index (χ3v) is 6.64. The molecule has 0 fully saturated rings. The number of anilines is 1. The zero-order chi connectivity index (χ0) is 21.5. The number of rotatable bonds is 6. The Kier molecular flexibility index (Phi) is 5.12. The van der Waals surface area contributed by atoms with Crippen LogP contribution in [0.1, 0.15) is 12.0 Å². The average molecular weight is 490 g/mol. The molecule has 0 aliphatic rings. The summed E-state index contributed by atoms with van der Waals surface area (Å²) in [6.45, 7) is 0. The lowest BCUT2D eigenvalue weighted by Gasteiger charge is -2.10. The van der Waals surface area contributed by atoms with Crippen LogP contribution in [0.4, 0.5) is 5.69 Å².